The van der Waals surface area contributed by atoms with Crippen molar-refractivity contribution in [1.29, 1.82) is 0 Å². The maximum Gasteiger partial charge on any atom is 0.151 e. The Hall–Kier alpha value is -6.58. The maximum absolute atomic E-state index is 6.33. The number of hydrogen-bond donors (Lipinski definition) is 0. The third-order valence-corrected chi connectivity index (χ3v) is 12.1. The van der Waals surface area contributed by atoms with E-state index in [2.05, 4.69) is 169 Å². The lowest BCUT2D eigenvalue weighted by atomic mass is 9.81. The van der Waals surface area contributed by atoms with E-state index in [1.807, 2.05) is 24.3 Å². The first-order valence-electron chi connectivity index (χ1n) is 19.4. The number of anilines is 5. The van der Waals surface area contributed by atoms with Gasteiger partial charge in [-0.1, -0.05) is 129 Å². The van der Waals surface area contributed by atoms with Crippen LogP contribution >= 0.6 is 0 Å². The molecule has 11 rings (SSSR count). The van der Waals surface area contributed by atoms with E-state index in [1.54, 1.807) is 5.57 Å². The molecule has 0 atom stereocenters. The largest absolute Gasteiger partial charge is 0.453 e. The van der Waals surface area contributed by atoms with Crippen LogP contribution in [0.2, 0.25) is 0 Å². The molecule has 7 aromatic carbocycles. The first-order valence-corrected chi connectivity index (χ1v) is 19.4. The van der Waals surface area contributed by atoms with Crippen molar-refractivity contribution in [3.05, 3.63) is 197 Å². The van der Waals surface area contributed by atoms with Crippen molar-refractivity contribution in [1.82, 2.24) is 0 Å². The molecule has 2 aliphatic heterocycles. The summed E-state index contributed by atoms with van der Waals surface area (Å²) in [5.41, 5.74) is 17.7. The van der Waals surface area contributed by atoms with Crippen molar-refractivity contribution in [3.63, 3.8) is 0 Å². The summed E-state index contributed by atoms with van der Waals surface area (Å²) in [6, 6.07) is 52.9. The van der Waals surface area contributed by atoms with Gasteiger partial charge in [-0.05, 0) is 124 Å². The standard InChI is InChI=1S/C52H40N2O/c1-52(2)43-31-34(26-29-40(43)41-30-28-38(33-44(41)52)53-45-18-5-3-13-36(45)32-37-14-4-6-19-46(37)53)25-27-35-15-11-17-42-39(35)16-12-22-47(42)54-48-20-7-9-23-50(48)55-51-24-10-8-21-49(51)54/h3,5-13,15-31,33H,4,14,32H2,1-2H3/b27-25+. The van der Waals surface area contributed by atoms with Crippen LogP contribution in [0, 0.1) is 0 Å². The minimum atomic E-state index is -0.140. The van der Waals surface area contributed by atoms with Crippen LogP contribution in [-0.4, -0.2) is 0 Å². The van der Waals surface area contributed by atoms with Gasteiger partial charge in [-0.2, -0.15) is 0 Å². The number of fused-ring (bicyclic) bond motifs is 7. The molecule has 0 bridgehead atoms. The summed E-state index contributed by atoms with van der Waals surface area (Å²) in [6.45, 7) is 4.77. The van der Waals surface area contributed by atoms with Crippen LogP contribution in [0.5, 0.6) is 11.5 Å². The van der Waals surface area contributed by atoms with Crippen molar-refractivity contribution < 1.29 is 4.74 Å². The van der Waals surface area contributed by atoms with Crippen LogP contribution in [0.25, 0.3) is 34.1 Å². The molecule has 0 amide bonds. The van der Waals surface area contributed by atoms with Gasteiger partial charge in [0.1, 0.15) is 0 Å². The number of benzene rings is 7. The van der Waals surface area contributed by atoms with Gasteiger partial charge < -0.3 is 14.5 Å². The van der Waals surface area contributed by atoms with Crippen molar-refractivity contribution >= 4 is 51.4 Å². The zero-order valence-corrected chi connectivity index (χ0v) is 31.1. The molecule has 7 aromatic rings. The maximum atomic E-state index is 6.33. The highest BCUT2D eigenvalue weighted by molar-refractivity contribution is 6.04. The summed E-state index contributed by atoms with van der Waals surface area (Å²) in [5, 5.41) is 2.41. The highest BCUT2D eigenvalue weighted by Gasteiger charge is 2.37. The van der Waals surface area contributed by atoms with Gasteiger partial charge >= 0.3 is 0 Å². The van der Waals surface area contributed by atoms with E-state index in [0.717, 1.165) is 47.8 Å². The Bertz CT molecular complexity index is 2770. The van der Waals surface area contributed by atoms with Gasteiger partial charge in [-0.25, -0.2) is 0 Å². The molecule has 55 heavy (non-hydrogen) atoms. The van der Waals surface area contributed by atoms with Gasteiger partial charge in [-0.3, -0.25) is 0 Å². The van der Waals surface area contributed by atoms with Crippen LogP contribution in [0.4, 0.5) is 28.4 Å². The van der Waals surface area contributed by atoms with Crippen LogP contribution in [-0.2, 0) is 11.8 Å². The third-order valence-electron chi connectivity index (χ3n) is 12.1. The van der Waals surface area contributed by atoms with E-state index >= 15 is 0 Å². The number of hydrogen-bond acceptors (Lipinski definition) is 3. The molecule has 0 fully saturated rings. The second kappa shape index (κ2) is 12.2. The van der Waals surface area contributed by atoms with Crippen LogP contribution in [0.1, 0.15) is 54.5 Å². The molecule has 0 spiro atoms. The lowest BCUT2D eigenvalue weighted by molar-refractivity contribution is 0.477. The minimum absolute atomic E-state index is 0.140. The summed E-state index contributed by atoms with van der Waals surface area (Å²) in [4.78, 5) is 4.84. The Morgan fingerprint density at radius 2 is 1.25 bits per heavy atom. The van der Waals surface area contributed by atoms with Gasteiger partial charge in [0.25, 0.3) is 0 Å². The lowest BCUT2D eigenvalue weighted by Gasteiger charge is -2.36. The number of para-hydroxylation sites is 5. The summed E-state index contributed by atoms with van der Waals surface area (Å²) >= 11 is 0. The second-order valence-corrected chi connectivity index (χ2v) is 15.7. The first-order chi connectivity index (χ1) is 27.0. The summed E-state index contributed by atoms with van der Waals surface area (Å²) < 4.78 is 6.33. The number of allylic oxidation sites excluding steroid dienone is 3. The monoisotopic (exact) mass is 708 g/mol. The van der Waals surface area contributed by atoms with Gasteiger partial charge in [0.05, 0.1) is 17.1 Å². The molecule has 264 valence electrons. The third kappa shape index (κ3) is 4.96. The fraction of sp³-hybridized carbons (Fsp3) is 0.115. The predicted octanol–water partition coefficient (Wildman–Crippen LogP) is 14.2. The Morgan fingerprint density at radius 1 is 0.582 bits per heavy atom. The molecule has 2 aliphatic carbocycles. The van der Waals surface area contributed by atoms with Crippen molar-refractivity contribution in [2.75, 3.05) is 9.80 Å². The Kier molecular flexibility index (Phi) is 7.09. The van der Waals surface area contributed by atoms with Crippen molar-refractivity contribution in [3.8, 4) is 22.6 Å². The molecule has 0 aromatic heterocycles. The quantitative estimate of drug-likeness (QED) is 0.169. The van der Waals surface area contributed by atoms with E-state index in [-0.39, 0.29) is 5.41 Å². The molecule has 4 aliphatic rings. The van der Waals surface area contributed by atoms with Gasteiger partial charge in [0, 0.05) is 27.9 Å². The molecule has 3 heteroatoms. The first kappa shape index (κ1) is 31.9. The molecule has 0 saturated carbocycles. The lowest BCUT2D eigenvalue weighted by Crippen LogP contribution is -2.25. The fourth-order valence-corrected chi connectivity index (χ4v) is 9.42. The summed E-state index contributed by atoms with van der Waals surface area (Å²) in [7, 11) is 0. The van der Waals surface area contributed by atoms with Crippen molar-refractivity contribution in [2.24, 2.45) is 0 Å². The van der Waals surface area contributed by atoms with Crippen molar-refractivity contribution in [2.45, 2.75) is 38.5 Å². The van der Waals surface area contributed by atoms with E-state index < -0.39 is 0 Å². The normalized spacial score (nSPS) is 16.0. The zero-order chi connectivity index (χ0) is 36.7. The molecule has 0 unspecified atom stereocenters. The molecule has 0 N–H and O–H groups in total. The predicted molar refractivity (Wildman–Crippen MR) is 229 cm³/mol. The second-order valence-electron chi connectivity index (χ2n) is 15.7. The summed E-state index contributed by atoms with van der Waals surface area (Å²) in [6.07, 6.45) is 12.5. The number of nitrogens with zero attached hydrogens (tertiary/aromatic N) is 2. The van der Waals surface area contributed by atoms with Crippen LogP contribution in [0.3, 0.4) is 0 Å². The topological polar surface area (TPSA) is 15.7 Å². The SMILES string of the molecule is CC1(C)c2cc(/C=C/c3cccc4c(N5c6ccccc6Oc6ccccc65)cccc34)ccc2-c2ccc(N3C4=C(CCC=C4)Cc4ccccc43)cc21. The zero-order valence-electron chi connectivity index (χ0n) is 31.1. The average molecular weight is 709 g/mol. The van der Waals surface area contributed by atoms with Gasteiger partial charge in [0.2, 0.25) is 0 Å². The van der Waals surface area contributed by atoms with E-state index in [9.17, 15) is 0 Å². The number of rotatable bonds is 4. The molecule has 0 radical (unpaired) electrons. The molecular formula is C52H40N2O. The van der Waals surface area contributed by atoms with Crippen LogP contribution in [0.15, 0.2) is 169 Å². The van der Waals surface area contributed by atoms with E-state index in [0.29, 0.717) is 0 Å². The fourth-order valence-electron chi connectivity index (χ4n) is 9.42. The molecular weight excluding hydrogens is 669 g/mol. The minimum Gasteiger partial charge on any atom is -0.453 e. The van der Waals surface area contributed by atoms with E-state index in [4.69, 9.17) is 4.74 Å². The smallest absolute Gasteiger partial charge is 0.151 e. The average Bonchev–Trinajstić information content (AvgIpc) is 3.45. The van der Waals surface area contributed by atoms with E-state index in [1.165, 1.54) is 66.8 Å². The Labute approximate surface area is 322 Å². The molecule has 3 nitrogen and oxygen atoms in total. The summed E-state index contributed by atoms with van der Waals surface area (Å²) in [5.74, 6) is 1.72. The number of ether oxygens (including phenoxy) is 1. The highest BCUT2D eigenvalue weighted by Crippen LogP contribution is 2.53. The van der Waals surface area contributed by atoms with Gasteiger partial charge in [0.15, 0.2) is 11.5 Å². The highest BCUT2D eigenvalue weighted by atomic mass is 16.5. The molecule has 0 saturated heterocycles. The van der Waals surface area contributed by atoms with Crippen LogP contribution < -0.4 is 14.5 Å². The Balaban J connectivity index is 0.945. The van der Waals surface area contributed by atoms with Gasteiger partial charge in [-0.15, -0.1) is 0 Å². The molecule has 2 heterocycles. The Morgan fingerprint density at radius 3 is 2.07 bits per heavy atom.